The third-order valence-corrected chi connectivity index (χ3v) is 4.56. The molecule has 100 valence electrons. The van der Waals surface area contributed by atoms with Gasteiger partial charge in [0.25, 0.3) is 5.56 Å². The summed E-state index contributed by atoms with van der Waals surface area (Å²) in [6.45, 7) is 0.342. The van der Waals surface area contributed by atoms with E-state index in [4.69, 9.17) is 9.47 Å². The van der Waals surface area contributed by atoms with Crippen LogP contribution in [0.15, 0.2) is 4.79 Å². The number of nitrogens with one attached hydrogen (secondary N) is 1. The van der Waals surface area contributed by atoms with Gasteiger partial charge < -0.3 is 14.5 Å². The minimum Gasteiger partial charge on any atom is -0.378 e. The number of methoxy groups -OCH3 is 2. The normalized spacial score (nSPS) is 18.2. The van der Waals surface area contributed by atoms with Crippen molar-refractivity contribution in [3.8, 4) is 0 Å². The van der Waals surface area contributed by atoms with E-state index in [1.807, 2.05) is 22.6 Å². The molecule has 1 fully saturated rings. The van der Waals surface area contributed by atoms with Gasteiger partial charge in [0, 0.05) is 14.2 Å². The second-order valence-corrected chi connectivity index (χ2v) is 5.59. The van der Waals surface area contributed by atoms with Gasteiger partial charge in [-0.2, -0.15) is 0 Å². The van der Waals surface area contributed by atoms with E-state index in [1.165, 1.54) is 0 Å². The lowest BCUT2D eigenvalue weighted by atomic mass is 10.0. The Balaban J connectivity index is 2.47. The van der Waals surface area contributed by atoms with Crippen LogP contribution in [0.1, 0.15) is 37.2 Å². The first-order chi connectivity index (χ1) is 8.63. The molecule has 6 heteroatoms. The topological polar surface area (TPSA) is 64.2 Å². The van der Waals surface area contributed by atoms with Crippen LogP contribution < -0.4 is 5.56 Å². The molecule has 0 aliphatic heterocycles. The van der Waals surface area contributed by atoms with Crippen molar-refractivity contribution >= 4 is 22.6 Å². The first kappa shape index (κ1) is 14.0. The fourth-order valence-corrected chi connectivity index (χ4v) is 2.85. The average Bonchev–Trinajstić information content (AvgIpc) is 2.85. The molecular weight excluding hydrogens is 347 g/mol. The summed E-state index contributed by atoms with van der Waals surface area (Å²) in [6, 6.07) is 0. The molecule has 0 aromatic carbocycles. The molecule has 1 aromatic heterocycles. The number of ether oxygens (including phenoxy) is 2. The molecule has 0 spiro atoms. The van der Waals surface area contributed by atoms with Crippen molar-refractivity contribution in [3.05, 3.63) is 25.4 Å². The minimum absolute atomic E-state index is 0.115. The van der Waals surface area contributed by atoms with E-state index in [2.05, 4.69) is 9.97 Å². The standard InChI is InChI=1S/C12H17IN2O3/c1-17-7-8-9(13)10(16)15-11(14-8)12(18-2)5-3-4-6-12/h3-7H2,1-2H3,(H,14,15,16). The number of halogens is 1. The summed E-state index contributed by atoms with van der Waals surface area (Å²) < 4.78 is 11.3. The molecule has 0 amide bonds. The quantitative estimate of drug-likeness (QED) is 0.830. The van der Waals surface area contributed by atoms with Gasteiger partial charge in [0.15, 0.2) is 0 Å². The van der Waals surface area contributed by atoms with Crippen LogP contribution in [0, 0.1) is 3.57 Å². The van der Waals surface area contributed by atoms with Crippen LogP contribution in [0.3, 0.4) is 0 Å². The van der Waals surface area contributed by atoms with Crippen LogP contribution in [-0.2, 0) is 21.7 Å². The number of rotatable bonds is 4. The molecule has 1 saturated carbocycles. The summed E-state index contributed by atoms with van der Waals surface area (Å²) in [5.74, 6) is 0.639. The predicted octanol–water partition coefficient (Wildman–Crippen LogP) is 1.94. The highest BCUT2D eigenvalue weighted by Gasteiger charge is 2.38. The predicted molar refractivity (Wildman–Crippen MR) is 75.4 cm³/mol. The summed E-state index contributed by atoms with van der Waals surface area (Å²) in [6.07, 6.45) is 4.01. The first-order valence-electron chi connectivity index (χ1n) is 5.96. The Bertz CT molecular complexity index is 481. The van der Waals surface area contributed by atoms with Crippen molar-refractivity contribution < 1.29 is 9.47 Å². The molecule has 0 radical (unpaired) electrons. The number of H-pyrrole nitrogens is 1. The number of hydrogen-bond acceptors (Lipinski definition) is 4. The maximum Gasteiger partial charge on any atom is 0.264 e. The average molecular weight is 364 g/mol. The molecular formula is C12H17IN2O3. The highest BCUT2D eigenvalue weighted by Crippen LogP contribution is 2.39. The molecule has 5 nitrogen and oxygen atoms in total. The van der Waals surface area contributed by atoms with Gasteiger partial charge in [-0.05, 0) is 48.3 Å². The molecule has 0 bridgehead atoms. The van der Waals surface area contributed by atoms with E-state index < -0.39 is 5.60 Å². The van der Waals surface area contributed by atoms with Crippen molar-refractivity contribution in [3.63, 3.8) is 0 Å². The molecule has 1 aliphatic carbocycles. The van der Waals surface area contributed by atoms with E-state index in [-0.39, 0.29) is 5.56 Å². The fraction of sp³-hybridized carbons (Fsp3) is 0.667. The van der Waals surface area contributed by atoms with Gasteiger partial charge in [0.2, 0.25) is 0 Å². The van der Waals surface area contributed by atoms with Crippen LogP contribution in [0.5, 0.6) is 0 Å². The second kappa shape index (κ2) is 5.66. The molecule has 0 unspecified atom stereocenters. The minimum atomic E-state index is -0.425. The summed E-state index contributed by atoms with van der Waals surface area (Å²) in [4.78, 5) is 19.3. The maximum absolute atomic E-state index is 11.9. The van der Waals surface area contributed by atoms with E-state index >= 15 is 0 Å². The van der Waals surface area contributed by atoms with E-state index in [0.29, 0.717) is 21.7 Å². The zero-order valence-corrected chi connectivity index (χ0v) is 12.7. The third kappa shape index (κ3) is 2.46. The molecule has 1 N–H and O–H groups in total. The number of hydrogen-bond donors (Lipinski definition) is 1. The third-order valence-electron chi connectivity index (χ3n) is 3.45. The Morgan fingerprint density at radius 1 is 1.39 bits per heavy atom. The molecule has 0 atom stereocenters. The molecule has 0 saturated heterocycles. The maximum atomic E-state index is 11.9. The first-order valence-corrected chi connectivity index (χ1v) is 7.04. The fourth-order valence-electron chi connectivity index (χ4n) is 2.44. The van der Waals surface area contributed by atoms with E-state index in [0.717, 1.165) is 25.7 Å². The van der Waals surface area contributed by atoms with Crippen LogP contribution in [0.25, 0.3) is 0 Å². The summed E-state index contributed by atoms with van der Waals surface area (Å²) in [5.41, 5.74) is 0.141. The lowest BCUT2D eigenvalue weighted by Gasteiger charge is -2.26. The van der Waals surface area contributed by atoms with Crippen LogP contribution in [0.4, 0.5) is 0 Å². The SMILES string of the molecule is COCc1nc(C2(OC)CCCC2)[nH]c(=O)c1I. The van der Waals surface area contributed by atoms with Gasteiger partial charge in [-0.25, -0.2) is 4.98 Å². The molecule has 1 aliphatic rings. The van der Waals surface area contributed by atoms with E-state index in [1.54, 1.807) is 14.2 Å². The van der Waals surface area contributed by atoms with Gasteiger partial charge in [0.05, 0.1) is 12.3 Å². The van der Waals surface area contributed by atoms with Gasteiger partial charge in [-0.1, -0.05) is 0 Å². The monoisotopic (exact) mass is 364 g/mol. The number of aromatic nitrogens is 2. The van der Waals surface area contributed by atoms with Gasteiger partial charge in [-0.3, -0.25) is 4.79 Å². The molecule has 1 aromatic rings. The smallest absolute Gasteiger partial charge is 0.264 e. The number of aromatic amines is 1. The van der Waals surface area contributed by atoms with E-state index in [9.17, 15) is 4.79 Å². The second-order valence-electron chi connectivity index (χ2n) is 4.51. The van der Waals surface area contributed by atoms with Gasteiger partial charge >= 0.3 is 0 Å². The Hall–Kier alpha value is -0.470. The van der Waals surface area contributed by atoms with Crippen LogP contribution >= 0.6 is 22.6 Å². The lowest BCUT2D eigenvalue weighted by molar-refractivity contribution is -0.0169. The lowest BCUT2D eigenvalue weighted by Crippen LogP contribution is -2.32. The van der Waals surface area contributed by atoms with Crippen LogP contribution in [0.2, 0.25) is 0 Å². The van der Waals surface area contributed by atoms with Gasteiger partial charge in [-0.15, -0.1) is 0 Å². The van der Waals surface area contributed by atoms with Crippen molar-refractivity contribution in [1.29, 1.82) is 0 Å². The molecule has 18 heavy (non-hydrogen) atoms. The number of nitrogens with zero attached hydrogens (tertiary/aromatic N) is 1. The van der Waals surface area contributed by atoms with Crippen LogP contribution in [-0.4, -0.2) is 24.2 Å². The van der Waals surface area contributed by atoms with Crippen molar-refractivity contribution in [1.82, 2.24) is 9.97 Å². The summed E-state index contributed by atoms with van der Waals surface area (Å²) >= 11 is 2.00. The van der Waals surface area contributed by atoms with Crippen molar-refractivity contribution in [2.45, 2.75) is 37.9 Å². The van der Waals surface area contributed by atoms with Crippen molar-refractivity contribution in [2.75, 3.05) is 14.2 Å². The largest absolute Gasteiger partial charge is 0.378 e. The zero-order valence-electron chi connectivity index (χ0n) is 10.6. The Labute approximate surface area is 119 Å². The van der Waals surface area contributed by atoms with Crippen molar-refractivity contribution in [2.24, 2.45) is 0 Å². The Kier molecular flexibility index (Phi) is 4.39. The highest BCUT2D eigenvalue weighted by molar-refractivity contribution is 14.1. The molecule has 1 heterocycles. The molecule has 2 rings (SSSR count). The summed E-state index contributed by atoms with van der Waals surface area (Å²) in [7, 11) is 3.28. The Morgan fingerprint density at radius 2 is 2.06 bits per heavy atom. The zero-order chi connectivity index (χ0) is 13.2. The highest BCUT2D eigenvalue weighted by atomic mass is 127. The summed E-state index contributed by atoms with van der Waals surface area (Å²) in [5, 5.41) is 0. The Morgan fingerprint density at radius 3 is 2.61 bits per heavy atom. The van der Waals surface area contributed by atoms with Gasteiger partial charge in [0.1, 0.15) is 15.0 Å².